The molecule has 6 nitrogen and oxygen atoms in total. The second kappa shape index (κ2) is 7.08. The highest BCUT2D eigenvalue weighted by molar-refractivity contribution is 6.04. The molecule has 2 N–H and O–H groups in total. The maximum Gasteiger partial charge on any atom is 0.471 e. The van der Waals surface area contributed by atoms with E-state index in [4.69, 9.17) is 0 Å². The van der Waals surface area contributed by atoms with Crippen LogP contribution in [0, 0.1) is 0 Å². The lowest BCUT2D eigenvalue weighted by atomic mass is 10.0. The Balaban J connectivity index is 1.48. The smallest absolute Gasteiger partial charge is 0.329 e. The van der Waals surface area contributed by atoms with Crippen LogP contribution in [-0.2, 0) is 19.1 Å². The predicted octanol–water partition coefficient (Wildman–Crippen LogP) is 3.65. The van der Waals surface area contributed by atoms with E-state index in [1.807, 2.05) is 18.2 Å². The Hall–Kier alpha value is -3.20. The molecule has 0 atom stereocenters. The standard InChI is InChI=1S/C19H15F3N4O2/c20-19(21,22)18-25-16(26-28-18)12-1-3-13(4-2-12)17(27)24-15-6-5-11-7-8-23-10-14(11)9-15/h1-6,9,23H,7-8,10H2,(H,24,27). The first-order chi connectivity index (χ1) is 13.4. The maximum atomic E-state index is 12.5. The van der Waals surface area contributed by atoms with Crippen molar-refractivity contribution in [3.8, 4) is 11.4 Å². The molecule has 0 radical (unpaired) electrons. The quantitative estimate of drug-likeness (QED) is 0.716. The average Bonchev–Trinajstić information content (AvgIpc) is 3.19. The van der Waals surface area contributed by atoms with E-state index < -0.39 is 12.1 Å². The largest absolute Gasteiger partial charge is 0.471 e. The van der Waals surface area contributed by atoms with Crippen LogP contribution in [0.25, 0.3) is 11.4 Å². The van der Waals surface area contributed by atoms with Crippen LogP contribution in [0.15, 0.2) is 47.0 Å². The number of halogens is 3. The Kier molecular flexibility index (Phi) is 4.60. The van der Waals surface area contributed by atoms with E-state index in [2.05, 4.69) is 25.3 Å². The molecule has 0 spiro atoms. The third-order valence-electron chi connectivity index (χ3n) is 4.42. The van der Waals surface area contributed by atoms with Gasteiger partial charge in [-0.25, -0.2) is 0 Å². The van der Waals surface area contributed by atoms with Crippen LogP contribution < -0.4 is 10.6 Å². The van der Waals surface area contributed by atoms with Gasteiger partial charge in [0.1, 0.15) is 0 Å². The normalized spacial score (nSPS) is 13.8. The van der Waals surface area contributed by atoms with Crippen molar-refractivity contribution < 1.29 is 22.5 Å². The summed E-state index contributed by atoms with van der Waals surface area (Å²) in [6, 6.07) is 11.7. The Morgan fingerprint density at radius 1 is 1.11 bits per heavy atom. The minimum atomic E-state index is -4.70. The summed E-state index contributed by atoms with van der Waals surface area (Å²) < 4.78 is 41.9. The van der Waals surface area contributed by atoms with Crippen LogP contribution in [0.3, 0.4) is 0 Å². The number of nitrogens with zero attached hydrogens (tertiary/aromatic N) is 2. The van der Waals surface area contributed by atoms with Gasteiger partial charge < -0.3 is 15.2 Å². The zero-order chi connectivity index (χ0) is 19.7. The van der Waals surface area contributed by atoms with Crippen molar-refractivity contribution in [3.05, 3.63) is 65.0 Å². The summed E-state index contributed by atoms with van der Waals surface area (Å²) >= 11 is 0. The fraction of sp³-hybridized carbons (Fsp3) is 0.211. The molecule has 3 aromatic rings. The first-order valence-corrected chi connectivity index (χ1v) is 8.55. The summed E-state index contributed by atoms with van der Waals surface area (Å²) in [6.07, 6.45) is -3.74. The third kappa shape index (κ3) is 3.74. The van der Waals surface area contributed by atoms with Crippen LogP contribution in [-0.4, -0.2) is 22.6 Å². The van der Waals surface area contributed by atoms with Gasteiger partial charge in [-0.1, -0.05) is 23.4 Å². The molecule has 0 saturated carbocycles. The van der Waals surface area contributed by atoms with E-state index in [-0.39, 0.29) is 11.7 Å². The molecule has 0 fully saturated rings. The van der Waals surface area contributed by atoms with Gasteiger partial charge >= 0.3 is 12.1 Å². The summed E-state index contributed by atoms with van der Waals surface area (Å²) in [5, 5.41) is 9.43. The number of carbonyl (C=O) groups is 1. The van der Waals surface area contributed by atoms with E-state index in [0.29, 0.717) is 16.8 Å². The van der Waals surface area contributed by atoms with Crippen molar-refractivity contribution in [1.29, 1.82) is 0 Å². The second-order valence-electron chi connectivity index (χ2n) is 6.36. The highest BCUT2D eigenvalue weighted by Crippen LogP contribution is 2.29. The molecule has 1 amide bonds. The SMILES string of the molecule is O=C(Nc1ccc2c(c1)CNCC2)c1ccc(-c2noc(C(F)(F)F)n2)cc1. The second-order valence-corrected chi connectivity index (χ2v) is 6.36. The predicted molar refractivity (Wildman–Crippen MR) is 94.5 cm³/mol. The van der Waals surface area contributed by atoms with E-state index in [1.165, 1.54) is 29.8 Å². The first kappa shape index (κ1) is 18.2. The topological polar surface area (TPSA) is 80.0 Å². The molecule has 0 aliphatic carbocycles. The molecule has 4 rings (SSSR count). The summed E-state index contributed by atoms with van der Waals surface area (Å²) in [4.78, 5) is 15.8. The molecular formula is C19H15F3N4O2. The van der Waals surface area contributed by atoms with Gasteiger partial charge in [0, 0.05) is 23.4 Å². The number of anilines is 1. The number of alkyl halides is 3. The van der Waals surface area contributed by atoms with Gasteiger partial charge in [-0.15, -0.1) is 0 Å². The zero-order valence-electron chi connectivity index (χ0n) is 14.5. The number of amides is 1. The molecule has 0 saturated heterocycles. The van der Waals surface area contributed by atoms with Crippen LogP contribution in [0.5, 0.6) is 0 Å². The molecule has 9 heteroatoms. The van der Waals surface area contributed by atoms with Crippen molar-refractivity contribution in [1.82, 2.24) is 15.5 Å². The average molecular weight is 388 g/mol. The van der Waals surface area contributed by atoms with Crippen molar-refractivity contribution in [2.75, 3.05) is 11.9 Å². The summed E-state index contributed by atoms with van der Waals surface area (Å²) in [5.74, 6) is -1.92. The van der Waals surface area contributed by atoms with E-state index in [1.54, 1.807) is 0 Å². The summed E-state index contributed by atoms with van der Waals surface area (Å²) in [7, 11) is 0. The van der Waals surface area contributed by atoms with Crippen molar-refractivity contribution >= 4 is 11.6 Å². The Morgan fingerprint density at radius 2 is 1.89 bits per heavy atom. The number of nitrogens with one attached hydrogen (secondary N) is 2. The molecule has 0 bridgehead atoms. The molecule has 1 aromatic heterocycles. The molecule has 1 aliphatic heterocycles. The van der Waals surface area contributed by atoms with Gasteiger partial charge in [-0.3, -0.25) is 4.79 Å². The van der Waals surface area contributed by atoms with Gasteiger partial charge in [0.15, 0.2) is 0 Å². The summed E-state index contributed by atoms with van der Waals surface area (Å²) in [5.41, 5.74) is 3.77. The molecular weight excluding hydrogens is 373 g/mol. The highest BCUT2D eigenvalue weighted by Gasteiger charge is 2.38. The van der Waals surface area contributed by atoms with Crippen LogP contribution >= 0.6 is 0 Å². The van der Waals surface area contributed by atoms with Gasteiger partial charge in [0.2, 0.25) is 5.82 Å². The zero-order valence-corrected chi connectivity index (χ0v) is 14.5. The number of fused-ring (bicyclic) bond motifs is 1. The Bertz CT molecular complexity index is 1010. The number of aromatic nitrogens is 2. The first-order valence-electron chi connectivity index (χ1n) is 8.55. The molecule has 28 heavy (non-hydrogen) atoms. The lowest BCUT2D eigenvalue weighted by Gasteiger charge is -2.18. The number of benzene rings is 2. The van der Waals surface area contributed by atoms with E-state index in [0.717, 1.165) is 25.1 Å². The Morgan fingerprint density at radius 3 is 2.61 bits per heavy atom. The number of hydrogen-bond acceptors (Lipinski definition) is 5. The third-order valence-corrected chi connectivity index (χ3v) is 4.42. The number of rotatable bonds is 3. The van der Waals surface area contributed by atoms with Crippen molar-refractivity contribution in [2.24, 2.45) is 0 Å². The minimum Gasteiger partial charge on any atom is -0.329 e. The van der Waals surface area contributed by atoms with E-state index >= 15 is 0 Å². The molecule has 2 aromatic carbocycles. The van der Waals surface area contributed by atoms with Crippen LogP contribution in [0.1, 0.15) is 27.4 Å². The van der Waals surface area contributed by atoms with Gasteiger partial charge in [-0.05, 0) is 48.4 Å². The molecule has 2 heterocycles. The maximum absolute atomic E-state index is 12.5. The monoisotopic (exact) mass is 388 g/mol. The lowest BCUT2D eigenvalue weighted by Crippen LogP contribution is -2.23. The molecule has 0 unspecified atom stereocenters. The van der Waals surface area contributed by atoms with Gasteiger partial charge in [0.05, 0.1) is 0 Å². The van der Waals surface area contributed by atoms with Crippen molar-refractivity contribution in [3.63, 3.8) is 0 Å². The highest BCUT2D eigenvalue weighted by atomic mass is 19.4. The minimum absolute atomic E-state index is 0.193. The van der Waals surface area contributed by atoms with E-state index in [9.17, 15) is 18.0 Å². The number of carbonyl (C=O) groups excluding carboxylic acids is 1. The van der Waals surface area contributed by atoms with Gasteiger partial charge in [-0.2, -0.15) is 18.2 Å². The molecule has 1 aliphatic rings. The fourth-order valence-electron chi connectivity index (χ4n) is 2.99. The number of hydrogen-bond donors (Lipinski definition) is 2. The van der Waals surface area contributed by atoms with Gasteiger partial charge in [0.25, 0.3) is 5.91 Å². The molecule has 144 valence electrons. The lowest BCUT2D eigenvalue weighted by molar-refractivity contribution is -0.159. The fourth-order valence-corrected chi connectivity index (χ4v) is 2.99. The summed E-state index contributed by atoms with van der Waals surface area (Å²) in [6.45, 7) is 1.70. The van der Waals surface area contributed by atoms with Crippen LogP contribution in [0.2, 0.25) is 0 Å². The van der Waals surface area contributed by atoms with Crippen molar-refractivity contribution in [2.45, 2.75) is 19.1 Å². The Labute approximate surface area is 157 Å². The van der Waals surface area contributed by atoms with Crippen LogP contribution in [0.4, 0.5) is 18.9 Å².